The molecule has 29 heavy (non-hydrogen) atoms. The number of hydrogen-bond donors (Lipinski definition) is 1. The van der Waals surface area contributed by atoms with Crippen LogP contribution in [0.2, 0.25) is 5.02 Å². The van der Waals surface area contributed by atoms with Crippen LogP contribution in [0.3, 0.4) is 0 Å². The molecule has 2 aromatic heterocycles. The van der Waals surface area contributed by atoms with Crippen molar-refractivity contribution in [3.05, 3.63) is 76.8 Å². The highest BCUT2D eigenvalue weighted by Crippen LogP contribution is 2.26. The first-order valence-corrected chi connectivity index (χ1v) is 9.65. The molecule has 8 heteroatoms. The Morgan fingerprint density at radius 2 is 2.10 bits per heavy atom. The quantitative estimate of drug-likeness (QED) is 0.697. The van der Waals surface area contributed by atoms with Crippen LogP contribution >= 0.6 is 11.6 Å². The Balaban J connectivity index is 1.47. The minimum atomic E-state index is -0.991. The number of rotatable bonds is 5. The molecule has 1 atom stereocenters. The summed E-state index contributed by atoms with van der Waals surface area (Å²) in [4.78, 5) is 30.0. The zero-order chi connectivity index (χ0) is 20.4. The molecule has 0 saturated carbocycles. The fourth-order valence-corrected chi connectivity index (χ4v) is 3.84. The second-order valence-electron chi connectivity index (χ2n) is 7.11. The summed E-state index contributed by atoms with van der Waals surface area (Å²) in [6.07, 6.45) is 8.03. The molecule has 1 amide bonds. The van der Waals surface area contributed by atoms with Crippen molar-refractivity contribution in [3.8, 4) is 5.69 Å². The smallest absolute Gasteiger partial charge is 0.337 e. The lowest BCUT2D eigenvalue weighted by Gasteiger charge is -2.18. The predicted octanol–water partition coefficient (Wildman–Crippen LogP) is 3.32. The number of hydrogen-bond acceptors (Lipinski definition) is 4. The summed E-state index contributed by atoms with van der Waals surface area (Å²) in [6.45, 7) is 1.23. The van der Waals surface area contributed by atoms with Crippen LogP contribution in [-0.4, -0.2) is 49.7 Å². The van der Waals surface area contributed by atoms with Crippen LogP contribution in [-0.2, 0) is 6.42 Å². The zero-order valence-corrected chi connectivity index (χ0v) is 16.3. The number of aromatic nitrogens is 3. The molecule has 1 saturated heterocycles. The molecule has 1 aliphatic heterocycles. The van der Waals surface area contributed by atoms with Gasteiger partial charge in [0.15, 0.2) is 0 Å². The number of carbonyl (C=O) groups is 2. The highest BCUT2D eigenvalue weighted by atomic mass is 35.5. The van der Waals surface area contributed by atoms with Gasteiger partial charge in [0, 0.05) is 37.9 Å². The summed E-state index contributed by atoms with van der Waals surface area (Å²) in [5.41, 5.74) is 2.27. The van der Waals surface area contributed by atoms with Crippen molar-refractivity contribution in [1.82, 2.24) is 19.7 Å². The third-order valence-corrected chi connectivity index (χ3v) is 5.42. The molecule has 0 radical (unpaired) electrons. The lowest BCUT2D eigenvalue weighted by molar-refractivity contribution is 0.0695. The van der Waals surface area contributed by atoms with Crippen molar-refractivity contribution < 1.29 is 14.7 Å². The van der Waals surface area contributed by atoms with E-state index in [-0.39, 0.29) is 17.4 Å². The fraction of sp³-hybridized carbons (Fsp3) is 0.238. The van der Waals surface area contributed by atoms with Crippen LogP contribution in [0.25, 0.3) is 5.69 Å². The molecule has 1 fully saturated rings. The van der Waals surface area contributed by atoms with E-state index in [1.54, 1.807) is 40.2 Å². The van der Waals surface area contributed by atoms with Gasteiger partial charge in [-0.1, -0.05) is 11.6 Å². The van der Waals surface area contributed by atoms with Gasteiger partial charge in [-0.3, -0.25) is 9.78 Å². The number of carboxylic acid groups (broad SMARTS) is 1. The van der Waals surface area contributed by atoms with E-state index in [2.05, 4.69) is 10.1 Å². The average molecular weight is 411 g/mol. The van der Waals surface area contributed by atoms with Gasteiger partial charge in [-0.05, 0) is 54.7 Å². The molecular weight excluding hydrogens is 392 g/mol. The van der Waals surface area contributed by atoms with Crippen LogP contribution in [0.4, 0.5) is 0 Å². The summed E-state index contributed by atoms with van der Waals surface area (Å²) in [5, 5.41) is 13.7. The molecule has 0 spiro atoms. The maximum absolute atomic E-state index is 13.1. The fourth-order valence-electron chi connectivity index (χ4n) is 3.64. The number of pyridine rings is 1. The first-order chi connectivity index (χ1) is 14.0. The van der Waals surface area contributed by atoms with Gasteiger partial charge in [-0.15, -0.1) is 0 Å². The Bertz CT molecular complexity index is 1050. The van der Waals surface area contributed by atoms with Crippen molar-refractivity contribution in [3.63, 3.8) is 0 Å². The minimum absolute atomic E-state index is 0.107. The molecule has 4 rings (SSSR count). The van der Waals surface area contributed by atoms with E-state index >= 15 is 0 Å². The van der Waals surface area contributed by atoms with Crippen LogP contribution in [0.1, 0.15) is 32.7 Å². The number of benzene rings is 1. The second kappa shape index (κ2) is 8.05. The van der Waals surface area contributed by atoms with Gasteiger partial charge < -0.3 is 10.0 Å². The molecule has 148 valence electrons. The molecule has 7 nitrogen and oxygen atoms in total. The first kappa shape index (κ1) is 19.1. The van der Waals surface area contributed by atoms with E-state index in [1.165, 1.54) is 6.20 Å². The molecule has 1 aromatic carbocycles. The second-order valence-corrected chi connectivity index (χ2v) is 7.52. The number of carbonyl (C=O) groups excluding carboxylic acids is 1. The van der Waals surface area contributed by atoms with Gasteiger partial charge in [0.05, 0.1) is 21.8 Å². The maximum atomic E-state index is 13.1. The molecular formula is C21H19ClN4O3. The lowest BCUT2D eigenvalue weighted by atomic mass is 9.99. The maximum Gasteiger partial charge on any atom is 0.337 e. The van der Waals surface area contributed by atoms with Gasteiger partial charge in [0.1, 0.15) is 0 Å². The van der Waals surface area contributed by atoms with Gasteiger partial charge >= 0.3 is 5.97 Å². The first-order valence-electron chi connectivity index (χ1n) is 9.27. The van der Waals surface area contributed by atoms with Crippen LogP contribution in [0.5, 0.6) is 0 Å². The third kappa shape index (κ3) is 4.14. The number of carboxylic acids is 1. The monoisotopic (exact) mass is 410 g/mol. The van der Waals surface area contributed by atoms with Crippen molar-refractivity contribution in [2.24, 2.45) is 5.92 Å². The number of halogens is 1. The summed E-state index contributed by atoms with van der Waals surface area (Å²) in [6, 6.07) is 8.74. The van der Waals surface area contributed by atoms with Crippen molar-refractivity contribution in [2.75, 3.05) is 13.1 Å². The summed E-state index contributed by atoms with van der Waals surface area (Å²) in [7, 11) is 0. The van der Waals surface area contributed by atoms with E-state index in [4.69, 9.17) is 16.7 Å². The molecule has 3 aromatic rings. The Morgan fingerprint density at radius 3 is 2.86 bits per heavy atom. The van der Waals surface area contributed by atoms with E-state index in [0.29, 0.717) is 30.1 Å². The Morgan fingerprint density at radius 1 is 1.24 bits per heavy atom. The minimum Gasteiger partial charge on any atom is -0.478 e. The van der Waals surface area contributed by atoms with E-state index in [1.807, 2.05) is 18.3 Å². The normalized spacial score (nSPS) is 16.2. The van der Waals surface area contributed by atoms with Gasteiger partial charge in [0.25, 0.3) is 5.91 Å². The molecule has 1 unspecified atom stereocenters. The summed E-state index contributed by atoms with van der Waals surface area (Å²) >= 11 is 6.30. The molecule has 3 heterocycles. The molecule has 0 aliphatic carbocycles. The zero-order valence-electron chi connectivity index (χ0n) is 15.5. The molecule has 1 aliphatic rings. The standard InChI is InChI=1S/C21H19ClN4O3/c22-19-3-2-17(26-6-1-5-24-26)10-18(19)20(27)25-7-4-14(13-25)8-15-9-16(21(28)29)12-23-11-15/h1-3,5-6,9-12,14H,4,7-8,13H2,(H,28,29). The Labute approximate surface area is 172 Å². The SMILES string of the molecule is O=C(O)c1cncc(CC2CCN(C(=O)c3cc(-n4cccn4)ccc3Cl)C2)c1. The van der Waals surface area contributed by atoms with Crippen LogP contribution in [0.15, 0.2) is 55.1 Å². The van der Waals surface area contributed by atoms with Gasteiger partial charge in [0.2, 0.25) is 0 Å². The highest BCUT2D eigenvalue weighted by Gasteiger charge is 2.28. The highest BCUT2D eigenvalue weighted by molar-refractivity contribution is 6.33. The summed E-state index contributed by atoms with van der Waals surface area (Å²) < 4.78 is 1.68. The largest absolute Gasteiger partial charge is 0.478 e. The van der Waals surface area contributed by atoms with E-state index < -0.39 is 5.97 Å². The average Bonchev–Trinajstić information content (AvgIpc) is 3.40. The molecule has 0 bridgehead atoms. The van der Waals surface area contributed by atoms with E-state index in [0.717, 1.165) is 17.7 Å². The Kier molecular flexibility index (Phi) is 5.31. The topological polar surface area (TPSA) is 88.3 Å². The number of nitrogens with zero attached hydrogens (tertiary/aromatic N) is 4. The van der Waals surface area contributed by atoms with E-state index in [9.17, 15) is 9.59 Å². The lowest BCUT2D eigenvalue weighted by Crippen LogP contribution is -2.29. The van der Waals surface area contributed by atoms with Crippen molar-refractivity contribution in [1.29, 1.82) is 0 Å². The number of amides is 1. The summed E-state index contributed by atoms with van der Waals surface area (Å²) in [5.74, 6) is -0.851. The Hall–Kier alpha value is -3.19. The van der Waals surface area contributed by atoms with Crippen molar-refractivity contribution in [2.45, 2.75) is 12.8 Å². The van der Waals surface area contributed by atoms with Gasteiger partial charge in [-0.25, -0.2) is 9.48 Å². The predicted molar refractivity (Wildman–Crippen MR) is 107 cm³/mol. The van der Waals surface area contributed by atoms with Crippen LogP contribution < -0.4 is 0 Å². The third-order valence-electron chi connectivity index (χ3n) is 5.09. The van der Waals surface area contributed by atoms with Crippen LogP contribution in [0, 0.1) is 5.92 Å². The number of likely N-dealkylation sites (tertiary alicyclic amines) is 1. The van der Waals surface area contributed by atoms with Crippen molar-refractivity contribution >= 4 is 23.5 Å². The van der Waals surface area contributed by atoms with Gasteiger partial charge in [-0.2, -0.15) is 5.10 Å². The number of aromatic carboxylic acids is 1. The molecule has 1 N–H and O–H groups in total.